The van der Waals surface area contributed by atoms with Gasteiger partial charge in [0.1, 0.15) is 11.9 Å². The van der Waals surface area contributed by atoms with Gasteiger partial charge < -0.3 is 5.32 Å². The van der Waals surface area contributed by atoms with Crippen molar-refractivity contribution in [2.45, 2.75) is 26.4 Å². The van der Waals surface area contributed by atoms with Crippen molar-refractivity contribution in [2.24, 2.45) is 0 Å². The molecule has 1 aromatic heterocycles. The molecule has 98 valence electrons. The van der Waals surface area contributed by atoms with E-state index in [1.807, 2.05) is 19.9 Å². The number of halogens is 1. The van der Waals surface area contributed by atoms with E-state index in [-0.39, 0.29) is 11.6 Å². The molecule has 0 amide bonds. The fourth-order valence-corrected chi connectivity index (χ4v) is 1.83. The molecule has 0 atom stereocenters. The summed E-state index contributed by atoms with van der Waals surface area (Å²) in [6.45, 7) is 4.58. The monoisotopic (exact) mass is 258 g/mol. The number of aromatic nitrogens is 2. The maximum atomic E-state index is 13.4. The van der Waals surface area contributed by atoms with Crippen LogP contribution in [0.5, 0.6) is 0 Å². The molecular formula is C14H15FN4. The average molecular weight is 258 g/mol. The fraction of sp³-hybridized carbons (Fsp3) is 0.286. The highest BCUT2D eigenvalue weighted by molar-refractivity contribution is 5.44. The van der Waals surface area contributed by atoms with Gasteiger partial charge in [-0.2, -0.15) is 5.26 Å². The molecule has 0 aliphatic heterocycles. The van der Waals surface area contributed by atoms with E-state index in [0.29, 0.717) is 12.6 Å². The Balaban J connectivity index is 2.42. The van der Waals surface area contributed by atoms with Gasteiger partial charge >= 0.3 is 0 Å². The van der Waals surface area contributed by atoms with Gasteiger partial charge in [0.2, 0.25) is 5.82 Å². The van der Waals surface area contributed by atoms with Gasteiger partial charge in [-0.3, -0.25) is 4.57 Å². The van der Waals surface area contributed by atoms with Crippen molar-refractivity contribution in [1.29, 1.82) is 5.26 Å². The Morgan fingerprint density at radius 3 is 2.95 bits per heavy atom. The van der Waals surface area contributed by atoms with Crippen molar-refractivity contribution in [3.8, 4) is 11.8 Å². The van der Waals surface area contributed by atoms with Gasteiger partial charge in [0.05, 0.1) is 5.69 Å². The van der Waals surface area contributed by atoms with Crippen molar-refractivity contribution in [3.63, 3.8) is 0 Å². The van der Waals surface area contributed by atoms with Crippen molar-refractivity contribution < 1.29 is 4.39 Å². The minimum absolute atomic E-state index is 0.289. The molecule has 0 saturated carbocycles. The lowest BCUT2D eigenvalue weighted by molar-refractivity contribution is 0.580. The van der Waals surface area contributed by atoms with Crippen molar-refractivity contribution in [3.05, 3.63) is 47.8 Å². The van der Waals surface area contributed by atoms with Crippen LogP contribution in [0.4, 0.5) is 4.39 Å². The molecule has 0 fully saturated rings. The summed E-state index contributed by atoms with van der Waals surface area (Å²) in [4.78, 5) is 3.96. The lowest BCUT2D eigenvalue weighted by Crippen LogP contribution is -2.22. The van der Waals surface area contributed by atoms with Crippen molar-refractivity contribution in [2.75, 3.05) is 0 Å². The third kappa shape index (κ3) is 2.98. The van der Waals surface area contributed by atoms with Gasteiger partial charge in [-0.1, -0.05) is 13.8 Å². The molecule has 2 rings (SSSR count). The second kappa shape index (κ2) is 5.63. The first kappa shape index (κ1) is 13.2. The van der Waals surface area contributed by atoms with E-state index in [0.717, 1.165) is 11.3 Å². The average Bonchev–Trinajstić information content (AvgIpc) is 2.84. The normalized spacial score (nSPS) is 10.7. The highest BCUT2D eigenvalue weighted by atomic mass is 19.1. The van der Waals surface area contributed by atoms with Gasteiger partial charge in [0.15, 0.2) is 0 Å². The molecule has 1 heterocycles. The van der Waals surface area contributed by atoms with E-state index in [9.17, 15) is 4.39 Å². The van der Waals surface area contributed by atoms with Gasteiger partial charge in [-0.05, 0) is 23.8 Å². The standard InChI is InChI=1S/C14H15FN4/c1-10(2)18-9-11-7-12(15)3-4-13(11)19-6-5-17-14(19)8-16/h3-7,10,18H,9H2,1-2H3. The van der Waals surface area contributed by atoms with Gasteiger partial charge in [0.25, 0.3) is 0 Å². The topological polar surface area (TPSA) is 53.6 Å². The molecule has 19 heavy (non-hydrogen) atoms. The zero-order valence-electron chi connectivity index (χ0n) is 10.9. The predicted octanol–water partition coefficient (Wildman–Crippen LogP) is 2.38. The molecule has 1 N–H and O–H groups in total. The van der Waals surface area contributed by atoms with Gasteiger partial charge in [-0.25, -0.2) is 9.37 Å². The summed E-state index contributed by atoms with van der Waals surface area (Å²) in [7, 11) is 0. The van der Waals surface area contributed by atoms with Crippen LogP contribution in [0.3, 0.4) is 0 Å². The Hall–Kier alpha value is -2.19. The fourth-order valence-electron chi connectivity index (χ4n) is 1.83. The second-order valence-corrected chi connectivity index (χ2v) is 4.54. The molecule has 0 unspecified atom stereocenters. The minimum atomic E-state index is -0.289. The second-order valence-electron chi connectivity index (χ2n) is 4.54. The number of nitrogens with one attached hydrogen (secondary N) is 1. The lowest BCUT2D eigenvalue weighted by Gasteiger charge is -2.14. The van der Waals surface area contributed by atoms with E-state index in [4.69, 9.17) is 5.26 Å². The molecular weight excluding hydrogens is 243 g/mol. The Morgan fingerprint density at radius 1 is 1.47 bits per heavy atom. The molecule has 0 aliphatic rings. The van der Waals surface area contributed by atoms with Crippen LogP contribution >= 0.6 is 0 Å². The summed E-state index contributed by atoms with van der Waals surface area (Å²) >= 11 is 0. The molecule has 0 radical (unpaired) electrons. The highest BCUT2D eigenvalue weighted by Gasteiger charge is 2.10. The molecule has 5 heteroatoms. The summed E-state index contributed by atoms with van der Waals surface area (Å²) in [6.07, 6.45) is 3.26. The smallest absolute Gasteiger partial charge is 0.217 e. The number of hydrogen-bond donors (Lipinski definition) is 1. The SMILES string of the molecule is CC(C)NCc1cc(F)ccc1-n1ccnc1C#N. The number of imidazole rings is 1. The maximum absolute atomic E-state index is 13.4. The largest absolute Gasteiger partial charge is 0.310 e. The Labute approximate surface area is 111 Å². The first-order valence-electron chi connectivity index (χ1n) is 6.07. The first-order valence-corrected chi connectivity index (χ1v) is 6.07. The number of nitriles is 1. The molecule has 2 aromatic rings. The van der Waals surface area contributed by atoms with Gasteiger partial charge in [0, 0.05) is 25.0 Å². The number of benzene rings is 1. The summed E-state index contributed by atoms with van der Waals surface area (Å²) in [5, 5.41) is 12.3. The number of nitrogens with zero attached hydrogens (tertiary/aromatic N) is 3. The van der Waals surface area contributed by atoms with E-state index in [1.165, 1.54) is 12.1 Å². The summed E-state index contributed by atoms with van der Waals surface area (Å²) in [6, 6.07) is 6.84. The van der Waals surface area contributed by atoms with Crippen LogP contribution in [0.2, 0.25) is 0 Å². The minimum Gasteiger partial charge on any atom is -0.310 e. The summed E-state index contributed by atoms with van der Waals surface area (Å²) in [5.41, 5.74) is 1.56. The molecule has 0 aliphatic carbocycles. The van der Waals surface area contributed by atoms with Crippen LogP contribution in [0, 0.1) is 17.1 Å². The number of rotatable bonds is 4. The summed E-state index contributed by atoms with van der Waals surface area (Å²) < 4.78 is 15.0. The van der Waals surface area contributed by atoms with E-state index >= 15 is 0 Å². The first-order chi connectivity index (χ1) is 9.11. The van der Waals surface area contributed by atoms with E-state index in [1.54, 1.807) is 23.0 Å². The van der Waals surface area contributed by atoms with E-state index < -0.39 is 0 Å². The number of hydrogen-bond acceptors (Lipinski definition) is 3. The third-order valence-corrected chi connectivity index (χ3v) is 2.74. The Morgan fingerprint density at radius 2 is 2.26 bits per heavy atom. The van der Waals surface area contributed by atoms with E-state index in [2.05, 4.69) is 10.3 Å². The molecule has 0 saturated heterocycles. The quantitative estimate of drug-likeness (QED) is 0.916. The zero-order valence-corrected chi connectivity index (χ0v) is 10.9. The maximum Gasteiger partial charge on any atom is 0.217 e. The van der Waals surface area contributed by atoms with Crippen molar-refractivity contribution >= 4 is 0 Å². The third-order valence-electron chi connectivity index (χ3n) is 2.74. The Bertz CT molecular complexity index is 610. The lowest BCUT2D eigenvalue weighted by atomic mass is 10.1. The van der Waals surface area contributed by atoms with Crippen LogP contribution < -0.4 is 5.32 Å². The molecule has 0 spiro atoms. The van der Waals surface area contributed by atoms with Crippen LogP contribution in [0.1, 0.15) is 25.2 Å². The van der Waals surface area contributed by atoms with Crippen LogP contribution in [-0.4, -0.2) is 15.6 Å². The highest BCUT2D eigenvalue weighted by Crippen LogP contribution is 2.18. The molecule has 0 bridgehead atoms. The van der Waals surface area contributed by atoms with Crippen LogP contribution in [-0.2, 0) is 6.54 Å². The van der Waals surface area contributed by atoms with Crippen molar-refractivity contribution in [1.82, 2.24) is 14.9 Å². The zero-order chi connectivity index (χ0) is 13.8. The van der Waals surface area contributed by atoms with Gasteiger partial charge in [-0.15, -0.1) is 0 Å². The Kier molecular flexibility index (Phi) is 3.93. The predicted molar refractivity (Wildman–Crippen MR) is 70.2 cm³/mol. The van der Waals surface area contributed by atoms with Crippen LogP contribution in [0.15, 0.2) is 30.6 Å². The molecule has 4 nitrogen and oxygen atoms in total. The summed E-state index contributed by atoms with van der Waals surface area (Å²) in [5.74, 6) is 0.000309. The molecule has 1 aromatic carbocycles. The van der Waals surface area contributed by atoms with Crippen LogP contribution in [0.25, 0.3) is 5.69 Å².